The van der Waals surface area contributed by atoms with Crippen LogP contribution in [0.5, 0.6) is 0 Å². The van der Waals surface area contributed by atoms with Gasteiger partial charge in [-0.25, -0.2) is 0 Å². The van der Waals surface area contributed by atoms with Crippen LogP contribution < -0.4 is 10.2 Å². The van der Waals surface area contributed by atoms with Crippen molar-refractivity contribution in [3.8, 4) is 0 Å². The number of anilines is 1. The van der Waals surface area contributed by atoms with Crippen LogP contribution >= 0.6 is 11.6 Å². The fraction of sp³-hybridized carbons (Fsp3) is 0.636. The van der Waals surface area contributed by atoms with Gasteiger partial charge in [0.15, 0.2) is 11.0 Å². The van der Waals surface area contributed by atoms with Gasteiger partial charge in [-0.3, -0.25) is 0 Å². The van der Waals surface area contributed by atoms with E-state index in [9.17, 15) is 0 Å². The van der Waals surface area contributed by atoms with E-state index in [4.69, 9.17) is 11.6 Å². The lowest BCUT2D eigenvalue weighted by Gasteiger charge is -2.24. The first-order valence-corrected chi connectivity index (χ1v) is 6.18. The molecule has 0 bridgehead atoms. The number of halogens is 1. The predicted molar refractivity (Wildman–Crippen MR) is 63.8 cm³/mol. The maximum atomic E-state index is 5.74. The monoisotopic (exact) mass is 238 g/mol. The average Bonchev–Trinajstić information content (AvgIpc) is 2.73. The zero-order chi connectivity index (χ0) is 11.0. The summed E-state index contributed by atoms with van der Waals surface area (Å²) in [7, 11) is 0. The smallest absolute Gasteiger partial charge is 0.151 e. The fourth-order valence-corrected chi connectivity index (χ4v) is 2.81. The summed E-state index contributed by atoms with van der Waals surface area (Å²) in [5, 5.41) is 12.1. The minimum Gasteiger partial charge on any atom is -0.353 e. The second-order valence-electron chi connectivity index (χ2n) is 4.58. The minimum absolute atomic E-state index is 0.457. The summed E-state index contributed by atoms with van der Waals surface area (Å²) >= 11 is 5.74. The van der Waals surface area contributed by atoms with Crippen LogP contribution in [0.3, 0.4) is 0 Å². The molecule has 4 nitrogen and oxygen atoms in total. The normalized spacial score (nSPS) is 29.2. The molecule has 0 saturated carbocycles. The van der Waals surface area contributed by atoms with E-state index >= 15 is 0 Å². The number of nitrogens with one attached hydrogen (secondary N) is 1. The minimum atomic E-state index is 0.457. The lowest BCUT2D eigenvalue weighted by Crippen LogP contribution is -2.40. The molecule has 2 atom stereocenters. The second-order valence-corrected chi connectivity index (χ2v) is 4.97. The van der Waals surface area contributed by atoms with Gasteiger partial charge in [0.25, 0.3) is 0 Å². The lowest BCUT2D eigenvalue weighted by atomic mass is 9.94. The molecule has 0 amide bonds. The average molecular weight is 239 g/mol. The highest BCUT2D eigenvalue weighted by Crippen LogP contribution is 2.27. The molecule has 0 aromatic carbocycles. The van der Waals surface area contributed by atoms with Crippen LogP contribution in [-0.4, -0.2) is 35.9 Å². The first kappa shape index (κ1) is 10.3. The van der Waals surface area contributed by atoms with Crippen LogP contribution in [0.25, 0.3) is 0 Å². The molecule has 2 aliphatic rings. The van der Waals surface area contributed by atoms with Gasteiger partial charge in [0.2, 0.25) is 0 Å². The van der Waals surface area contributed by atoms with Gasteiger partial charge in [-0.15, -0.1) is 10.2 Å². The number of nitrogens with zero attached hydrogens (tertiary/aromatic N) is 3. The van der Waals surface area contributed by atoms with Crippen molar-refractivity contribution in [1.29, 1.82) is 0 Å². The van der Waals surface area contributed by atoms with Crippen LogP contribution in [-0.2, 0) is 0 Å². The zero-order valence-electron chi connectivity index (χ0n) is 9.06. The van der Waals surface area contributed by atoms with Crippen LogP contribution in [0.4, 0.5) is 5.82 Å². The van der Waals surface area contributed by atoms with Gasteiger partial charge in [0.05, 0.1) is 0 Å². The molecule has 1 N–H and O–H groups in total. The number of piperidine rings is 1. The Balaban J connectivity index is 1.75. The van der Waals surface area contributed by atoms with Crippen molar-refractivity contribution in [2.45, 2.75) is 18.9 Å². The maximum absolute atomic E-state index is 5.74. The van der Waals surface area contributed by atoms with Gasteiger partial charge < -0.3 is 10.2 Å². The highest BCUT2D eigenvalue weighted by Gasteiger charge is 2.34. The fourth-order valence-electron chi connectivity index (χ4n) is 2.71. The Kier molecular flexibility index (Phi) is 2.69. The van der Waals surface area contributed by atoms with Crippen LogP contribution in [0.1, 0.15) is 12.8 Å². The third kappa shape index (κ3) is 1.87. The largest absolute Gasteiger partial charge is 0.353 e. The molecule has 3 rings (SSSR count). The Bertz CT molecular complexity index is 353. The summed E-state index contributed by atoms with van der Waals surface area (Å²) in [5.74, 6) is 1.71. The number of hydrogen-bond donors (Lipinski definition) is 1. The summed E-state index contributed by atoms with van der Waals surface area (Å²) < 4.78 is 0. The summed E-state index contributed by atoms with van der Waals surface area (Å²) in [4.78, 5) is 2.30. The molecule has 2 aliphatic heterocycles. The molecule has 1 aromatic rings. The SMILES string of the molecule is Clc1ccc(N2CC3CCCNC3C2)nn1. The molecular weight excluding hydrogens is 224 g/mol. The van der Waals surface area contributed by atoms with Crippen LogP contribution in [0.2, 0.25) is 5.15 Å². The molecule has 5 heteroatoms. The van der Waals surface area contributed by atoms with Gasteiger partial charge in [-0.2, -0.15) is 0 Å². The molecule has 2 fully saturated rings. The van der Waals surface area contributed by atoms with Gasteiger partial charge >= 0.3 is 0 Å². The molecule has 16 heavy (non-hydrogen) atoms. The molecule has 0 spiro atoms. The molecule has 1 aromatic heterocycles. The van der Waals surface area contributed by atoms with E-state index in [1.807, 2.05) is 6.07 Å². The molecule has 2 saturated heterocycles. The molecule has 86 valence electrons. The highest BCUT2D eigenvalue weighted by molar-refractivity contribution is 6.29. The highest BCUT2D eigenvalue weighted by atomic mass is 35.5. The van der Waals surface area contributed by atoms with Gasteiger partial charge in [0.1, 0.15) is 0 Å². The summed E-state index contributed by atoms with van der Waals surface area (Å²) in [6, 6.07) is 4.39. The molecule has 0 aliphatic carbocycles. The van der Waals surface area contributed by atoms with E-state index in [-0.39, 0.29) is 0 Å². The van der Waals surface area contributed by atoms with Crippen molar-refractivity contribution in [1.82, 2.24) is 15.5 Å². The quantitative estimate of drug-likeness (QED) is 0.801. The van der Waals surface area contributed by atoms with Crippen molar-refractivity contribution >= 4 is 17.4 Å². The second kappa shape index (κ2) is 4.18. The summed E-state index contributed by atoms with van der Waals surface area (Å²) in [5.41, 5.74) is 0. The molecule has 0 radical (unpaired) electrons. The molecule has 3 heterocycles. The van der Waals surface area contributed by atoms with Crippen LogP contribution in [0, 0.1) is 5.92 Å². The number of aromatic nitrogens is 2. The Morgan fingerprint density at radius 2 is 2.25 bits per heavy atom. The Labute approximate surface area is 100.0 Å². The van der Waals surface area contributed by atoms with Crippen molar-refractivity contribution in [3.05, 3.63) is 17.3 Å². The zero-order valence-corrected chi connectivity index (χ0v) is 9.82. The van der Waals surface area contributed by atoms with Gasteiger partial charge in [0, 0.05) is 19.1 Å². The Morgan fingerprint density at radius 1 is 1.31 bits per heavy atom. The van der Waals surface area contributed by atoms with Crippen molar-refractivity contribution < 1.29 is 0 Å². The molecule has 2 unspecified atom stereocenters. The van der Waals surface area contributed by atoms with E-state index in [0.29, 0.717) is 11.2 Å². The predicted octanol–water partition coefficient (Wildman–Crippen LogP) is 1.32. The van der Waals surface area contributed by atoms with E-state index in [1.54, 1.807) is 6.07 Å². The maximum Gasteiger partial charge on any atom is 0.151 e. The van der Waals surface area contributed by atoms with Crippen molar-refractivity contribution in [2.75, 3.05) is 24.5 Å². The van der Waals surface area contributed by atoms with Crippen molar-refractivity contribution in [2.24, 2.45) is 5.92 Å². The number of rotatable bonds is 1. The Hall–Kier alpha value is -0.870. The lowest BCUT2D eigenvalue weighted by molar-refractivity contribution is 0.340. The number of hydrogen-bond acceptors (Lipinski definition) is 4. The first-order chi connectivity index (χ1) is 7.83. The van der Waals surface area contributed by atoms with Crippen LogP contribution in [0.15, 0.2) is 12.1 Å². The summed E-state index contributed by atoms with van der Waals surface area (Å²) in [6.07, 6.45) is 2.62. The van der Waals surface area contributed by atoms with Crippen molar-refractivity contribution in [3.63, 3.8) is 0 Å². The van der Waals surface area contributed by atoms with E-state index in [1.165, 1.54) is 12.8 Å². The topological polar surface area (TPSA) is 41.0 Å². The summed E-state index contributed by atoms with van der Waals surface area (Å²) in [6.45, 7) is 3.29. The van der Waals surface area contributed by atoms with E-state index < -0.39 is 0 Å². The first-order valence-electron chi connectivity index (χ1n) is 5.80. The third-order valence-corrected chi connectivity index (χ3v) is 3.74. The number of fused-ring (bicyclic) bond motifs is 1. The Morgan fingerprint density at radius 3 is 3.00 bits per heavy atom. The van der Waals surface area contributed by atoms with E-state index in [0.717, 1.165) is 31.4 Å². The van der Waals surface area contributed by atoms with Gasteiger partial charge in [-0.05, 0) is 37.4 Å². The third-order valence-electron chi connectivity index (χ3n) is 3.54. The van der Waals surface area contributed by atoms with Gasteiger partial charge in [-0.1, -0.05) is 11.6 Å². The molecular formula is C11H15ClN4. The standard InChI is InChI=1S/C11H15ClN4/c12-10-3-4-11(15-14-10)16-6-8-2-1-5-13-9(8)7-16/h3-4,8-9,13H,1-2,5-7H2. The van der Waals surface area contributed by atoms with E-state index in [2.05, 4.69) is 20.4 Å².